The molecule has 0 amide bonds. The molecular formula is C17H28BrN3. The van der Waals surface area contributed by atoms with Crippen LogP contribution in [-0.2, 0) is 6.54 Å². The second kappa shape index (κ2) is 7.61. The van der Waals surface area contributed by atoms with E-state index in [2.05, 4.69) is 77.2 Å². The van der Waals surface area contributed by atoms with Crippen LogP contribution in [0.3, 0.4) is 0 Å². The summed E-state index contributed by atoms with van der Waals surface area (Å²) in [5.41, 5.74) is 2.79. The first kappa shape index (κ1) is 16.8. The Morgan fingerprint density at radius 2 is 2.14 bits per heavy atom. The summed E-state index contributed by atoms with van der Waals surface area (Å²) in [6, 6.07) is 7.83. The van der Waals surface area contributed by atoms with Gasteiger partial charge in [-0.1, -0.05) is 35.8 Å². The van der Waals surface area contributed by atoms with E-state index in [1.807, 2.05) is 0 Å². The first-order valence-corrected chi connectivity index (χ1v) is 8.70. The van der Waals surface area contributed by atoms with Gasteiger partial charge in [-0.25, -0.2) is 0 Å². The third kappa shape index (κ3) is 4.70. The van der Waals surface area contributed by atoms with Crippen molar-refractivity contribution < 1.29 is 0 Å². The Labute approximate surface area is 137 Å². The van der Waals surface area contributed by atoms with E-state index in [1.165, 1.54) is 35.1 Å². The average molecular weight is 354 g/mol. The van der Waals surface area contributed by atoms with Crippen molar-refractivity contribution in [2.75, 3.05) is 32.1 Å². The standard InChI is InChI=1S/C17H28BrN3/c1-13(2)19-11-14-7-8-15(18)10-17(14)21-9-5-6-16(21)12-20(3)4/h7-8,10,13,16,19H,5-6,9,11-12H2,1-4H3. The van der Waals surface area contributed by atoms with E-state index < -0.39 is 0 Å². The number of hydrogen-bond acceptors (Lipinski definition) is 3. The molecule has 4 heteroatoms. The number of halogens is 1. The molecule has 1 aromatic carbocycles. The summed E-state index contributed by atoms with van der Waals surface area (Å²) in [6.07, 6.45) is 2.59. The van der Waals surface area contributed by atoms with E-state index >= 15 is 0 Å². The number of benzene rings is 1. The fraction of sp³-hybridized carbons (Fsp3) is 0.647. The minimum atomic E-state index is 0.512. The predicted octanol–water partition coefficient (Wildman–Crippen LogP) is 3.48. The van der Waals surface area contributed by atoms with Crippen LogP contribution in [0.1, 0.15) is 32.3 Å². The van der Waals surface area contributed by atoms with Crippen LogP contribution < -0.4 is 10.2 Å². The molecule has 1 aliphatic heterocycles. The Morgan fingerprint density at radius 3 is 2.81 bits per heavy atom. The van der Waals surface area contributed by atoms with E-state index in [4.69, 9.17) is 0 Å². The molecule has 1 unspecified atom stereocenters. The van der Waals surface area contributed by atoms with Gasteiger partial charge in [-0.15, -0.1) is 0 Å². The summed E-state index contributed by atoms with van der Waals surface area (Å²) in [7, 11) is 4.33. The Morgan fingerprint density at radius 1 is 1.38 bits per heavy atom. The van der Waals surface area contributed by atoms with Crippen molar-refractivity contribution in [3.8, 4) is 0 Å². The van der Waals surface area contributed by atoms with Gasteiger partial charge in [0.1, 0.15) is 0 Å². The lowest BCUT2D eigenvalue weighted by atomic mass is 10.1. The van der Waals surface area contributed by atoms with Crippen molar-refractivity contribution in [3.63, 3.8) is 0 Å². The van der Waals surface area contributed by atoms with Crippen LogP contribution in [0.15, 0.2) is 22.7 Å². The highest BCUT2D eigenvalue weighted by Gasteiger charge is 2.26. The van der Waals surface area contributed by atoms with E-state index in [1.54, 1.807) is 0 Å². The molecule has 1 aromatic rings. The van der Waals surface area contributed by atoms with E-state index in [-0.39, 0.29) is 0 Å². The molecule has 21 heavy (non-hydrogen) atoms. The first-order valence-electron chi connectivity index (χ1n) is 7.90. The molecule has 1 aliphatic rings. The molecule has 1 saturated heterocycles. The highest BCUT2D eigenvalue weighted by atomic mass is 79.9. The minimum Gasteiger partial charge on any atom is -0.367 e. The minimum absolute atomic E-state index is 0.512. The molecule has 0 aliphatic carbocycles. The first-order chi connectivity index (χ1) is 9.97. The molecule has 118 valence electrons. The van der Waals surface area contributed by atoms with E-state index in [0.717, 1.165) is 13.1 Å². The monoisotopic (exact) mass is 353 g/mol. The molecule has 0 saturated carbocycles. The zero-order valence-corrected chi connectivity index (χ0v) is 15.3. The summed E-state index contributed by atoms with van der Waals surface area (Å²) >= 11 is 3.64. The van der Waals surface area contributed by atoms with Crippen molar-refractivity contribution >= 4 is 21.6 Å². The van der Waals surface area contributed by atoms with Crippen LogP contribution in [0.5, 0.6) is 0 Å². The third-order valence-corrected chi connectivity index (χ3v) is 4.50. The molecule has 1 fully saturated rings. The number of rotatable bonds is 6. The van der Waals surface area contributed by atoms with Crippen LogP contribution in [0, 0.1) is 0 Å². The second-order valence-electron chi connectivity index (χ2n) is 6.56. The predicted molar refractivity (Wildman–Crippen MR) is 95.0 cm³/mol. The molecule has 1 heterocycles. The maximum absolute atomic E-state index is 3.64. The zero-order valence-electron chi connectivity index (χ0n) is 13.7. The van der Waals surface area contributed by atoms with Gasteiger partial charge in [0.25, 0.3) is 0 Å². The molecule has 0 spiro atoms. The quantitative estimate of drug-likeness (QED) is 0.844. The third-order valence-electron chi connectivity index (χ3n) is 4.01. The summed E-state index contributed by atoms with van der Waals surface area (Å²) in [6.45, 7) is 7.63. The van der Waals surface area contributed by atoms with Crippen LogP contribution in [-0.4, -0.2) is 44.2 Å². The lowest BCUT2D eigenvalue weighted by molar-refractivity contribution is 0.372. The van der Waals surface area contributed by atoms with Crippen molar-refractivity contribution in [2.24, 2.45) is 0 Å². The van der Waals surface area contributed by atoms with Gasteiger partial charge in [0.15, 0.2) is 0 Å². The number of nitrogens with one attached hydrogen (secondary N) is 1. The molecule has 3 nitrogen and oxygen atoms in total. The number of anilines is 1. The van der Waals surface area contributed by atoms with Gasteiger partial charge in [-0.3, -0.25) is 0 Å². The normalized spacial score (nSPS) is 19.0. The maximum atomic E-state index is 3.64. The van der Waals surface area contributed by atoms with Crippen LogP contribution >= 0.6 is 15.9 Å². The average Bonchev–Trinajstić information content (AvgIpc) is 2.84. The summed E-state index contributed by atoms with van der Waals surface area (Å²) in [5.74, 6) is 0. The molecule has 0 aromatic heterocycles. The van der Waals surface area contributed by atoms with Crippen LogP contribution in [0.25, 0.3) is 0 Å². The van der Waals surface area contributed by atoms with Crippen LogP contribution in [0.4, 0.5) is 5.69 Å². The van der Waals surface area contributed by atoms with Gasteiger partial charge in [0, 0.05) is 41.9 Å². The lowest BCUT2D eigenvalue weighted by Gasteiger charge is -2.31. The summed E-state index contributed by atoms with van der Waals surface area (Å²) < 4.78 is 1.17. The van der Waals surface area contributed by atoms with Crippen molar-refractivity contribution in [2.45, 2.75) is 45.3 Å². The topological polar surface area (TPSA) is 18.5 Å². The zero-order chi connectivity index (χ0) is 15.4. The smallest absolute Gasteiger partial charge is 0.0426 e. The van der Waals surface area contributed by atoms with Gasteiger partial charge in [0.05, 0.1) is 0 Å². The SMILES string of the molecule is CC(C)NCc1ccc(Br)cc1N1CCCC1CN(C)C. The number of nitrogens with zero attached hydrogens (tertiary/aromatic N) is 2. The van der Waals surface area contributed by atoms with Crippen molar-refractivity contribution in [1.29, 1.82) is 0 Å². The molecule has 0 radical (unpaired) electrons. The molecule has 2 rings (SSSR count). The molecular weight excluding hydrogens is 326 g/mol. The highest BCUT2D eigenvalue weighted by Crippen LogP contribution is 2.31. The fourth-order valence-corrected chi connectivity index (χ4v) is 3.38. The Kier molecular flexibility index (Phi) is 6.08. The maximum Gasteiger partial charge on any atom is 0.0426 e. The van der Waals surface area contributed by atoms with Gasteiger partial charge in [-0.2, -0.15) is 0 Å². The number of likely N-dealkylation sites (N-methyl/N-ethyl adjacent to an activating group) is 1. The molecule has 0 bridgehead atoms. The molecule has 1 atom stereocenters. The number of hydrogen-bond donors (Lipinski definition) is 1. The Balaban J connectivity index is 2.21. The van der Waals surface area contributed by atoms with Crippen molar-refractivity contribution in [3.05, 3.63) is 28.2 Å². The lowest BCUT2D eigenvalue weighted by Crippen LogP contribution is -2.38. The Bertz CT molecular complexity index is 459. The van der Waals surface area contributed by atoms with Gasteiger partial charge in [0.2, 0.25) is 0 Å². The van der Waals surface area contributed by atoms with Gasteiger partial charge < -0.3 is 15.1 Å². The summed E-state index contributed by atoms with van der Waals surface area (Å²) in [5, 5.41) is 3.55. The Hall–Kier alpha value is -0.580. The largest absolute Gasteiger partial charge is 0.367 e. The van der Waals surface area contributed by atoms with E-state index in [0.29, 0.717) is 12.1 Å². The van der Waals surface area contributed by atoms with Gasteiger partial charge in [-0.05, 0) is 44.6 Å². The van der Waals surface area contributed by atoms with E-state index in [9.17, 15) is 0 Å². The summed E-state index contributed by atoms with van der Waals surface area (Å²) in [4.78, 5) is 4.90. The molecule has 1 N–H and O–H groups in total. The fourth-order valence-electron chi connectivity index (χ4n) is 3.03. The second-order valence-corrected chi connectivity index (χ2v) is 7.48. The van der Waals surface area contributed by atoms with Crippen molar-refractivity contribution in [1.82, 2.24) is 10.2 Å². The van der Waals surface area contributed by atoms with Gasteiger partial charge >= 0.3 is 0 Å². The highest BCUT2D eigenvalue weighted by molar-refractivity contribution is 9.10. The van der Waals surface area contributed by atoms with Crippen LogP contribution in [0.2, 0.25) is 0 Å².